The zero-order valence-corrected chi connectivity index (χ0v) is 19.4. The van der Waals surface area contributed by atoms with E-state index in [1.807, 2.05) is 13.8 Å². The van der Waals surface area contributed by atoms with Gasteiger partial charge in [0, 0.05) is 16.8 Å². The van der Waals surface area contributed by atoms with Gasteiger partial charge in [0.05, 0.1) is 23.4 Å². The summed E-state index contributed by atoms with van der Waals surface area (Å²) in [6.45, 7) is 4.09. The molecule has 0 atom stereocenters. The van der Waals surface area contributed by atoms with E-state index in [9.17, 15) is 13.2 Å². The lowest BCUT2D eigenvalue weighted by atomic mass is 9.92. The zero-order chi connectivity index (χ0) is 23.6. The molecule has 7 heteroatoms. The van der Waals surface area contributed by atoms with Gasteiger partial charge in [-0.1, -0.05) is 50.2 Å². The quantitative estimate of drug-likeness (QED) is 0.547. The first-order valence-corrected chi connectivity index (χ1v) is 11.9. The van der Waals surface area contributed by atoms with E-state index in [2.05, 4.69) is 9.71 Å². The van der Waals surface area contributed by atoms with E-state index in [1.54, 1.807) is 79.9 Å². The summed E-state index contributed by atoms with van der Waals surface area (Å²) in [6, 6.07) is 20.7. The van der Waals surface area contributed by atoms with E-state index < -0.39 is 10.0 Å². The van der Waals surface area contributed by atoms with Crippen LogP contribution in [0.15, 0.2) is 93.9 Å². The summed E-state index contributed by atoms with van der Waals surface area (Å²) in [5, 5.41) is 3.08. The second kappa shape index (κ2) is 9.03. The zero-order valence-electron chi connectivity index (χ0n) is 18.6. The lowest BCUT2D eigenvalue weighted by Crippen LogP contribution is -2.22. The van der Waals surface area contributed by atoms with Gasteiger partial charge in [0.25, 0.3) is 10.0 Å². The molecule has 3 aromatic rings. The van der Waals surface area contributed by atoms with Crippen LogP contribution in [0.2, 0.25) is 0 Å². The number of fused-ring (bicyclic) bond motifs is 1. The van der Waals surface area contributed by atoms with Crippen molar-refractivity contribution in [1.82, 2.24) is 0 Å². The minimum Gasteiger partial charge on any atom is -0.497 e. The first-order chi connectivity index (χ1) is 15.8. The van der Waals surface area contributed by atoms with Crippen molar-refractivity contribution in [3.05, 3.63) is 101 Å². The van der Waals surface area contributed by atoms with Gasteiger partial charge in [-0.15, -0.1) is 0 Å². The molecule has 0 radical (unpaired) electrons. The van der Waals surface area contributed by atoms with Crippen LogP contribution in [0.25, 0.3) is 0 Å². The number of hydrogen-bond donors (Lipinski definition) is 1. The van der Waals surface area contributed by atoms with Gasteiger partial charge in [-0.3, -0.25) is 4.79 Å². The summed E-state index contributed by atoms with van der Waals surface area (Å²) in [7, 11) is -2.40. The Kier molecular flexibility index (Phi) is 6.16. The molecule has 0 heterocycles. The molecule has 0 saturated carbocycles. The van der Waals surface area contributed by atoms with Crippen LogP contribution >= 0.6 is 0 Å². The molecular formula is C26H24N2O4S. The highest BCUT2D eigenvalue weighted by molar-refractivity contribution is 7.90. The molecule has 3 aromatic carbocycles. The maximum Gasteiger partial charge on any atom is 0.282 e. The Hall–Kier alpha value is -3.71. The Morgan fingerprint density at radius 3 is 2.12 bits per heavy atom. The van der Waals surface area contributed by atoms with Crippen LogP contribution in [0.3, 0.4) is 0 Å². The predicted molar refractivity (Wildman–Crippen MR) is 130 cm³/mol. The summed E-state index contributed by atoms with van der Waals surface area (Å²) in [5.74, 6) is 0.740. The molecule has 0 amide bonds. The Labute approximate surface area is 193 Å². The standard InChI is InChI=1S/C26H24N2O4S/c1-17(2)18-8-14-21(15-9-18)33(30,31)28-24-16-25(26(29)23-7-5-4-6-22(23)24)27-19-10-12-20(32-3)13-11-19/h4-17,27H,1-3H3. The Balaban J connectivity index is 1.75. The Morgan fingerprint density at radius 2 is 1.52 bits per heavy atom. The number of nitrogens with zero attached hydrogens (tertiary/aromatic N) is 1. The van der Waals surface area contributed by atoms with Crippen LogP contribution in [0, 0.1) is 0 Å². The Morgan fingerprint density at radius 1 is 0.879 bits per heavy atom. The molecule has 0 fully saturated rings. The molecule has 0 spiro atoms. The van der Waals surface area contributed by atoms with Crippen LogP contribution in [0.1, 0.15) is 41.3 Å². The third-order valence-electron chi connectivity index (χ3n) is 5.41. The fraction of sp³-hybridized carbons (Fsp3) is 0.154. The summed E-state index contributed by atoms with van der Waals surface area (Å²) in [5.41, 5.74) is 3.02. The van der Waals surface area contributed by atoms with Crippen LogP contribution < -0.4 is 10.1 Å². The van der Waals surface area contributed by atoms with Gasteiger partial charge in [0.1, 0.15) is 5.75 Å². The van der Waals surface area contributed by atoms with Gasteiger partial charge in [0.2, 0.25) is 5.78 Å². The molecule has 0 aliphatic heterocycles. The number of ketones is 1. The molecule has 0 saturated heterocycles. The number of Topliss-reactive ketones (excluding diaryl/α,β-unsaturated/α-hetero) is 1. The minimum absolute atomic E-state index is 0.104. The van der Waals surface area contributed by atoms with E-state index in [0.717, 1.165) is 5.56 Å². The first kappa shape index (κ1) is 22.5. The maximum absolute atomic E-state index is 13.1. The van der Waals surface area contributed by atoms with Crippen molar-refractivity contribution in [2.45, 2.75) is 24.7 Å². The molecule has 0 aromatic heterocycles. The predicted octanol–water partition coefficient (Wildman–Crippen LogP) is 5.19. The second-order valence-corrected chi connectivity index (χ2v) is 9.57. The van der Waals surface area contributed by atoms with Crippen molar-refractivity contribution in [1.29, 1.82) is 0 Å². The summed E-state index contributed by atoms with van der Waals surface area (Å²) >= 11 is 0. The maximum atomic E-state index is 13.1. The molecule has 1 N–H and O–H groups in total. The van der Waals surface area contributed by atoms with Gasteiger partial charge in [0.15, 0.2) is 0 Å². The number of anilines is 1. The van der Waals surface area contributed by atoms with Crippen molar-refractivity contribution in [2.24, 2.45) is 4.40 Å². The lowest BCUT2D eigenvalue weighted by molar-refractivity contribution is 0.103. The van der Waals surface area contributed by atoms with Crippen molar-refractivity contribution >= 4 is 27.2 Å². The molecule has 0 bridgehead atoms. The highest BCUT2D eigenvalue weighted by Crippen LogP contribution is 2.26. The molecule has 168 valence electrons. The third kappa shape index (κ3) is 4.73. The fourth-order valence-electron chi connectivity index (χ4n) is 3.53. The normalized spacial score (nSPS) is 14.7. The number of allylic oxidation sites excluding steroid dienone is 2. The molecular weight excluding hydrogens is 436 g/mol. The van der Waals surface area contributed by atoms with Crippen LogP contribution in [-0.2, 0) is 10.0 Å². The van der Waals surface area contributed by atoms with Gasteiger partial charge in [-0.05, 0) is 54.0 Å². The smallest absolute Gasteiger partial charge is 0.282 e. The molecule has 33 heavy (non-hydrogen) atoms. The number of rotatable bonds is 6. The van der Waals surface area contributed by atoms with E-state index >= 15 is 0 Å². The Bertz CT molecular complexity index is 1350. The highest BCUT2D eigenvalue weighted by atomic mass is 32.2. The van der Waals surface area contributed by atoms with Crippen molar-refractivity contribution in [3.8, 4) is 5.75 Å². The van der Waals surface area contributed by atoms with Gasteiger partial charge < -0.3 is 10.1 Å². The summed E-state index contributed by atoms with van der Waals surface area (Å²) < 4.78 is 35.4. The van der Waals surface area contributed by atoms with Crippen LogP contribution in [0.5, 0.6) is 5.75 Å². The van der Waals surface area contributed by atoms with Crippen molar-refractivity contribution in [2.75, 3.05) is 12.4 Å². The fourth-order valence-corrected chi connectivity index (χ4v) is 4.53. The number of carbonyl (C=O) groups excluding carboxylic acids is 1. The summed E-state index contributed by atoms with van der Waals surface area (Å²) in [4.78, 5) is 13.2. The van der Waals surface area contributed by atoms with Gasteiger partial charge in [-0.2, -0.15) is 12.8 Å². The van der Waals surface area contributed by atoms with Gasteiger partial charge in [-0.25, -0.2) is 0 Å². The number of ether oxygens (including phenoxy) is 1. The molecule has 4 rings (SSSR count). The van der Waals surface area contributed by atoms with E-state index in [-0.39, 0.29) is 22.1 Å². The van der Waals surface area contributed by atoms with E-state index in [4.69, 9.17) is 4.74 Å². The molecule has 1 aliphatic rings. The van der Waals surface area contributed by atoms with Gasteiger partial charge >= 0.3 is 0 Å². The lowest BCUT2D eigenvalue weighted by Gasteiger charge is -2.19. The van der Waals surface area contributed by atoms with E-state index in [0.29, 0.717) is 28.5 Å². The first-order valence-electron chi connectivity index (χ1n) is 10.5. The van der Waals surface area contributed by atoms with Crippen LogP contribution in [-0.4, -0.2) is 27.0 Å². The average Bonchev–Trinajstić information content (AvgIpc) is 2.82. The number of sulfonamides is 1. The van der Waals surface area contributed by atoms with E-state index in [1.165, 1.54) is 6.08 Å². The number of methoxy groups -OCH3 is 1. The topological polar surface area (TPSA) is 84.8 Å². The highest BCUT2D eigenvalue weighted by Gasteiger charge is 2.26. The third-order valence-corrected chi connectivity index (χ3v) is 6.71. The molecule has 0 unspecified atom stereocenters. The van der Waals surface area contributed by atoms with Crippen LogP contribution in [0.4, 0.5) is 5.69 Å². The second-order valence-electron chi connectivity index (χ2n) is 7.96. The number of nitrogens with one attached hydrogen (secondary N) is 1. The number of benzene rings is 3. The SMILES string of the molecule is COc1ccc(NC2=CC(=NS(=O)(=O)c3ccc(C(C)C)cc3)c3ccccc3C2=O)cc1. The average molecular weight is 461 g/mol. The van der Waals surface area contributed by atoms with Crippen molar-refractivity contribution in [3.63, 3.8) is 0 Å². The van der Waals surface area contributed by atoms with Crippen molar-refractivity contribution < 1.29 is 17.9 Å². The molecule has 1 aliphatic carbocycles. The monoisotopic (exact) mass is 460 g/mol. The number of hydrogen-bond acceptors (Lipinski definition) is 5. The number of carbonyl (C=O) groups is 1. The largest absolute Gasteiger partial charge is 0.497 e. The molecule has 6 nitrogen and oxygen atoms in total. The summed E-state index contributed by atoms with van der Waals surface area (Å²) in [6.07, 6.45) is 1.48. The minimum atomic E-state index is -3.98.